The lowest BCUT2D eigenvalue weighted by molar-refractivity contribution is -0.166. The molecule has 0 aliphatic rings. The van der Waals surface area contributed by atoms with Crippen LogP contribution in [0.4, 0.5) is 0 Å². The number of carbonyl (C=O) groups excluding carboxylic acids is 3. The second-order valence-electron chi connectivity index (χ2n) is 20.5. The molecule has 6 heteroatoms. The van der Waals surface area contributed by atoms with E-state index in [1.165, 1.54) is 89.9 Å². The number of allylic oxidation sites excluding steroid dienone is 26. The van der Waals surface area contributed by atoms with Crippen LogP contribution in [-0.2, 0) is 28.6 Å². The van der Waals surface area contributed by atoms with Crippen molar-refractivity contribution in [1.29, 1.82) is 0 Å². The Morgan fingerprint density at radius 2 is 0.481 bits per heavy atom. The van der Waals surface area contributed by atoms with Gasteiger partial charge in [0.2, 0.25) is 0 Å². The fourth-order valence-corrected chi connectivity index (χ4v) is 8.36. The van der Waals surface area contributed by atoms with E-state index in [1.54, 1.807) is 0 Å². The van der Waals surface area contributed by atoms with Crippen molar-refractivity contribution in [3.63, 3.8) is 0 Å². The molecule has 0 bridgehead atoms. The van der Waals surface area contributed by atoms with Gasteiger partial charge in [-0.3, -0.25) is 14.4 Å². The summed E-state index contributed by atoms with van der Waals surface area (Å²) in [6.07, 6.45) is 95.5. The third-order valence-corrected chi connectivity index (χ3v) is 13.0. The lowest BCUT2D eigenvalue weighted by atomic mass is 10.0. The van der Waals surface area contributed by atoms with E-state index in [1.807, 2.05) is 6.08 Å². The molecule has 0 spiro atoms. The maximum atomic E-state index is 12.9. The Labute approximate surface area is 486 Å². The second kappa shape index (κ2) is 65.5. The zero-order valence-electron chi connectivity index (χ0n) is 50.8. The summed E-state index contributed by atoms with van der Waals surface area (Å²) in [6.45, 7) is 6.23. The van der Waals surface area contributed by atoms with Gasteiger partial charge in [0.05, 0.1) is 0 Å². The molecule has 0 saturated carbocycles. The van der Waals surface area contributed by atoms with E-state index in [-0.39, 0.29) is 37.5 Å². The van der Waals surface area contributed by atoms with Gasteiger partial charge in [0.1, 0.15) is 13.2 Å². The van der Waals surface area contributed by atoms with E-state index in [2.05, 4.69) is 173 Å². The Morgan fingerprint density at radius 1 is 0.253 bits per heavy atom. The van der Waals surface area contributed by atoms with Crippen molar-refractivity contribution in [2.24, 2.45) is 0 Å². The summed E-state index contributed by atoms with van der Waals surface area (Å²) in [7, 11) is 0. The quantitative estimate of drug-likeness (QED) is 0.0261. The minimum Gasteiger partial charge on any atom is -0.462 e. The Bertz CT molecular complexity index is 1780. The number of rotatable bonds is 56. The van der Waals surface area contributed by atoms with Gasteiger partial charge in [-0.1, -0.05) is 275 Å². The second-order valence-corrected chi connectivity index (χ2v) is 20.5. The molecule has 0 heterocycles. The monoisotopic (exact) mass is 1090 g/mol. The van der Waals surface area contributed by atoms with Gasteiger partial charge < -0.3 is 14.2 Å². The van der Waals surface area contributed by atoms with Crippen LogP contribution in [0.1, 0.15) is 265 Å². The highest BCUT2D eigenvalue weighted by atomic mass is 16.6. The van der Waals surface area contributed by atoms with Crippen molar-refractivity contribution < 1.29 is 28.6 Å². The average Bonchev–Trinajstić information content (AvgIpc) is 3.45. The van der Waals surface area contributed by atoms with E-state index in [9.17, 15) is 14.4 Å². The first-order chi connectivity index (χ1) is 39.0. The molecule has 0 aromatic rings. The largest absolute Gasteiger partial charge is 0.462 e. The molecule has 0 rings (SSSR count). The summed E-state index contributed by atoms with van der Waals surface area (Å²) in [5.41, 5.74) is 0. The van der Waals surface area contributed by atoms with Crippen molar-refractivity contribution >= 4 is 17.9 Å². The minimum absolute atomic E-state index is 0.111. The van der Waals surface area contributed by atoms with Crippen LogP contribution in [0.2, 0.25) is 0 Å². The Balaban J connectivity index is 4.41. The molecule has 1 unspecified atom stereocenters. The molecule has 0 aromatic heterocycles. The van der Waals surface area contributed by atoms with E-state index in [0.29, 0.717) is 19.3 Å². The minimum atomic E-state index is -0.821. The van der Waals surface area contributed by atoms with Gasteiger partial charge in [0.25, 0.3) is 0 Å². The van der Waals surface area contributed by atoms with Crippen LogP contribution in [0.3, 0.4) is 0 Å². The summed E-state index contributed by atoms with van der Waals surface area (Å²) >= 11 is 0. The summed E-state index contributed by atoms with van der Waals surface area (Å²) in [5.74, 6) is -1.01. The van der Waals surface area contributed by atoms with Crippen LogP contribution >= 0.6 is 0 Å². The molecule has 0 aromatic carbocycles. The van der Waals surface area contributed by atoms with E-state index >= 15 is 0 Å². The van der Waals surface area contributed by atoms with Crippen LogP contribution in [0.25, 0.3) is 0 Å². The van der Waals surface area contributed by atoms with Gasteiger partial charge in [0.15, 0.2) is 6.10 Å². The average molecular weight is 1090 g/mol. The van der Waals surface area contributed by atoms with E-state index < -0.39 is 6.10 Å². The summed E-state index contributed by atoms with van der Waals surface area (Å²) in [4.78, 5) is 38.3. The highest BCUT2D eigenvalue weighted by Gasteiger charge is 2.19. The number of ether oxygens (including phenoxy) is 3. The van der Waals surface area contributed by atoms with Gasteiger partial charge in [0, 0.05) is 19.3 Å². The molecule has 0 saturated heterocycles. The predicted octanol–water partition coefficient (Wildman–Crippen LogP) is 22.1. The Kier molecular flexibility index (Phi) is 61.4. The van der Waals surface area contributed by atoms with Crippen molar-refractivity contribution in [3.8, 4) is 0 Å². The smallest absolute Gasteiger partial charge is 0.306 e. The fourth-order valence-electron chi connectivity index (χ4n) is 8.36. The highest BCUT2D eigenvalue weighted by molar-refractivity contribution is 5.71. The van der Waals surface area contributed by atoms with Crippen LogP contribution in [0.15, 0.2) is 158 Å². The summed E-state index contributed by atoms with van der Waals surface area (Å²) in [6, 6.07) is 0. The summed E-state index contributed by atoms with van der Waals surface area (Å²) < 4.78 is 16.8. The first-order valence-corrected chi connectivity index (χ1v) is 32.0. The number of hydrogen-bond donors (Lipinski definition) is 0. The first kappa shape index (κ1) is 74.0. The Hall–Kier alpha value is -4.97. The van der Waals surface area contributed by atoms with Crippen LogP contribution in [0, 0.1) is 0 Å². The normalized spacial score (nSPS) is 13.2. The van der Waals surface area contributed by atoms with Crippen molar-refractivity contribution in [1.82, 2.24) is 0 Å². The van der Waals surface area contributed by atoms with Gasteiger partial charge in [-0.15, -0.1) is 0 Å². The molecule has 0 fully saturated rings. The number of carbonyl (C=O) groups is 3. The topological polar surface area (TPSA) is 78.9 Å². The standard InChI is InChI=1S/C73H116O6/c1-4-7-10-13-16-19-22-25-27-29-31-33-35-36-38-39-41-43-45-48-51-54-57-60-63-66-72(75)78-69-70(68-77-71(74)65-62-59-56-53-50-47-24-21-18-15-12-9-6-3)79-73(76)67-64-61-58-55-52-49-46-44-42-40-37-34-32-30-28-26-23-20-17-14-11-8-5-2/h7-12,16-21,25-28,31-34,36,38,47,50,56,59,70H,4-6,13-15,22-24,29-30,35,37,39-46,48-49,51-55,57-58,60-69H2,1-3H3/b10-7-,11-8-,12-9-,19-16-,20-17-,21-18-,27-25-,28-26-,33-31-,34-32-,38-36-,50-47-,59-56-. The molecule has 1 atom stereocenters. The van der Waals surface area contributed by atoms with Gasteiger partial charge in [-0.25, -0.2) is 0 Å². The molecule has 0 N–H and O–H groups in total. The fraction of sp³-hybridized carbons (Fsp3) is 0.603. The third-order valence-electron chi connectivity index (χ3n) is 13.0. The van der Waals surface area contributed by atoms with E-state index in [4.69, 9.17) is 14.2 Å². The molecule has 0 aliphatic heterocycles. The maximum Gasteiger partial charge on any atom is 0.306 e. The zero-order chi connectivity index (χ0) is 57.1. The van der Waals surface area contributed by atoms with Crippen LogP contribution in [0.5, 0.6) is 0 Å². The number of esters is 3. The van der Waals surface area contributed by atoms with Gasteiger partial charge in [-0.2, -0.15) is 0 Å². The van der Waals surface area contributed by atoms with E-state index in [0.717, 1.165) is 128 Å². The molecular weight excluding hydrogens is 973 g/mol. The highest BCUT2D eigenvalue weighted by Crippen LogP contribution is 2.15. The SMILES string of the molecule is CC/C=C\C/C=C\C/C=C\C/C=C\C/C=C\CCCCCCCCCCCC(=O)OCC(COC(=O)CC/C=C\C/C=C\C/C=C\C/C=C\CC)OC(=O)CCCCCCCCCCCC/C=C\C/C=C\C/C=C\C/C=C\CC. The summed E-state index contributed by atoms with van der Waals surface area (Å²) in [5, 5.41) is 0. The zero-order valence-corrected chi connectivity index (χ0v) is 50.8. The molecule has 0 aliphatic carbocycles. The van der Waals surface area contributed by atoms with Crippen molar-refractivity contribution in [2.45, 2.75) is 271 Å². The maximum absolute atomic E-state index is 12.9. The van der Waals surface area contributed by atoms with Gasteiger partial charge in [-0.05, 0) is 128 Å². The van der Waals surface area contributed by atoms with Crippen molar-refractivity contribution in [3.05, 3.63) is 158 Å². The first-order valence-electron chi connectivity index (χ1n) is 32.0. The molecule has 444 valence electrons. The lowest BCUT2D eigenvalue weighted by Gasteiger charge is -2.18. The van der Waals surface area contributed by atoms with Crippen LogP contribution in [-0.4, -0.2) is 37.2 Å². The van der Waals surface area contributed by atoms with Crippen LogP contribution < -0.4 is 0 Å². The number of unbranched alkanes of at least 4 members (excludes halogenated alkanes) is 19. The lowest BCUT2D eigenvalue weighted by Crippen LogP contribution is -2.30. The molecule has 0 radical (unpaired) electrons. The molecule has 79 heavy (non-hydrogen) atoms. The molecular formula is C73H116O6. The third kappa shape index (κ3) is 63.7. The number of hydrogen-bond acceptors (Lipinski definition) is 6. The van der Waals surface area contributed by atoms with Crippen molar-refractivity contribution in [2.75, 3.05) is 13.2 Å². The predicted molar refractivity (Wildman–Crippen MR) is 343 cm³/mol. The molecule has 0 amide bonds. The van der Waals surface area contributed by atoms with Gasteiger partial charge >= 0.3 is 17.9 Å². The Morgan fingerprint density at radius 3 is 0.785 bits per heavy atom. The molecule has 6 nitrogen and oxygen atoms in total.